The van der Waals surface area contributed by atoms with Crippen molar-refractivity contribution in [1.82, 2.24) is 39.9 Å². The molecule has 0 saturated carbocycles. The Balaban J connectivity index is 0.0000000893. The van der Waals surface area contributed by atoms with Crippen LogP contribution in [0.2, 0.25) is 0 Å². The van der Waals surface area contributed by atoms with Crippen LogP contribution in [0.5, 0.6) is 0 Å². The van der Waals surface area contributed by atoms with Crippen molar-refractivity contribution in [2.24, 2.45) is 56.4 Å². The summed E-state index contributed by atoms with van der Waals surface area (Å²) in [6.45, 7) is 0.714. The Hall–Kier alpha value is -13.3. The smallest absolute Gasteiger partial charge is 0.264 e. The van der Waals surface area contributed by atoms with Crippen LogP contribution >= 0.6 is 0 Å². The third-order valence-corrected chi connectivity index (χ3v) is 25.7. The standard InChI is InChI=1S/C26H20BN3.C25H19BN4.C21H17BN4.C20H16BN5/c1-29-14-17-7-3-4-9-18(17)21-13-16-8-5-11-20-19-10-6-12-22-23(19)26(30(2)15-28-22)27(24(16)20)25(21)29;1-29-13-15-6-3-4-7-17(15)19-10-16-11-27-12-20-18-8-5-9-21-22(18)25(30(2)14-28-21)26(23(16)20)24(19)29;1-25-8-4-5-13-9-14-10-23-11-16-15-6-3-7-17-18(15)21(26(2)12-24-17)22(19(14)16)20(13)25;1-25-8-4-5-12-9-15-17-18(23-10-22-15)13-6-3-7-14-16(13)20(21(17)19(12)25)26(2)11-24-14/h3-12,14-15H,13H2,1-2H3;3-9,11-14H,10H2,1-2H3;3-8,10-12H,9H2,1-2H3;3-8,10-11H,9H2,1-2H3/q4*+2. The molecule has 0 saturated heterocycles. The Labute approximate surface area is 647 Å². The Morgan fingerprint density at radius 1 is 0.277 bits per heavy atom. The topological polar surface area (TPSA) is 134 Å². The molecule has 0 spiro atoms. The van der Waals surface area contributed by atoms with Crippen molar-refractivity contribution in [2.75, 3.05) is 0 Å². The summed E-state index contributed by atoms with van der Waals surface area (Å²) in [6.07, 6.45) is 30.3. The summed E-state index contributed by atoms with van der Waals surface area (Å²) in [6, 6.07) is 58.8. The molecule has 16 nitrogen and oxygen atoms in total. The first-order valence-electron chi connectivity index (χ1n) is 38.7. The van der Waals surface area contributed by atoms with Gasteiger partial charge in [-0.3, -0.25) is 9.97 Å². The van der Waals surface area contributed by atoms with Gasteiger partial charge in [-0.2, -0.15) is 0 Å². The van der Waals surface area contributed by atoms with Crippen LogP contribution in [0.15, 0.2) is 245 Å². The first-order valence-corrected chi connectivity index (χ1v) is 38.7. The van der Waals surface area contributed by atoms with E-state index in [0.29, 0.717) is 0 Å². The van der Waals surface area contributed by atoms with E-state index in [-0.39, 0.29) is 26.9 Å². The third kappa shape index (κ3) is 9.05. The minimum atomic E-state index is 0.126. The molecule has 26 rings (SSSR count). The summed E-state index contributed by atoms with van der Waals surface area (Å²) >= 11 is 0. The molecule has 0 atom stereocenters. The summed E-state index contributed by atoms with van der Waals surface area (Å²) in [5.41, 5.74) is 41.3. The van der Waals surface area contributed by atoms with Crippen LogP contribution in [-0.4, -0.2) is 66.7 Å². The maximum Gasteiger partial charge on any atom is 0.379 e. The summed E-state index contributed by atoms with van der Waals surface area (Å²) in [4.78, 5) is 37.4. The molecule has 0 unspecified atom stereocenters. The summed E-state index contributed by atoms with van der Waals surface area (Å²) in [5, 5.41) is 10.3. The molecule has 0 bridgehead atoms. The summed E-state index contributed by atoms with van der Waals surface area (Å²) in [5.74, 6) is 0. The number of hydrogen-bond donors (Lipinski definition) is 0. The van der Waals surface area contributed by atoms with Gasteiger partial charge in [-0.25, -0.2) is 46.5 Å². The van der Waals surface area contributed by atoms with Crippen molar-refractivity contribution < 1.29 is 36.5 Å². The number of pyridine rings is 6. The van der Waals surface area contributed by atoms with Gasteiger partial charge in [0.1, 0.15) is 34.5 Å². The van der Waals surface area contributed by atoms with Crippen molar-refractivity contribution in [2.45, 2.75) is 25.7 Å². The lowest BCUT2D eigenvalue weighted by molar-refractivity contribution is -0.660. The molecule has 19 heterocycles. The fourth-order valence-corrected chi connectivity index (χ4v) is 21.3. The van der Waals surface area contributed by atoms with Crippen molar-refractivity contribution in [3.8, 4) is 44.6 Å². The normalized spacial score (nSPS) is 13.5. The van der Waals surface area contributed by atoms with E-state index in [4.69, 9.17) is 15.0 Å². The molecule has 524 valence electrons. The fraction of sp³-hybridized carbons (Fsp3) is 0.130. The molecule has 7 aromatic carbocycles. The third-order valence-electron chi connectivity index (χ3n) is 25.7. The molecule has 0 N–H and O–H groups in total. The van der Waals surface area contributed by atoms with Crippen LogP contribution in [0.1, 0.15) is 44.6 Å². The van der Waals surface area contributed by atoms with Crippen LogP contribution in [0, 0.1) is 0 Å². The molecule has 0 amide bonds. The molecule has 11 aromatic heterocycles. The number of nitrogens with zero attached hydrogens (tertiary/aromatic N) is 16. The first kappa shape index (κ1) is 64.6. The van der Waals surface area contributed by atoms with E-state index in [0.717, 1.165) is 64.7 Å². The lowest BCUT2D eigenvalue weighted by Gasteiger charge is -2.30. The molecule has 0 radical (unpaired) electrons. The molecule has 8 aliphatic heterocycles. The zero-order valence-corrected chi connectivity index (χ0v) is 63.4. The van der Waals surface area contributed by atoms with Gasteiger partial charge in [0, 0.05) is 107 Å². The molecule has 20 heteroatoms. The number of fused-ring (bicyclic) bond motifs is 20. The minimum Gasteiger partial charge on any atom is -0.264 e. The highest BCUT2D eigenvalue weighted by atomic mass is 15.0. The van der Waals surface area contributed by atoms with Gasteiger partial charge >= 0.3 is 26.9 Å². The van der Waals surface area contributed by atoms with Crippen molar-refractivity contribution in [3.05, 3.63) is 290 Å². The number of hydrogen-bond acceptors (Lipinski definition) is 8. The molecular formula is C92H72B4N16+8. The second-order valence-electron chi connectivity index (χ2n) is 31.6. The van der Waals surface area contributed by atoms with E-state index in [2.05, 4.69) is 313 Å². The van der Waals surface area contributed by atoms with Gasteiger partial charge in [-0.05, 0) is 151 Å². The Morgan fingerprint density at radius 2 is 0.670 bits per heavy atom. The summed E-state index contributed by atoms with van der Waals surface area (Å²) in [7, 11) is 17.1. The number of aryl methyl sites for hydroxylation is 8. The lowest BCUT2D eigenvalue weighted by atomic mass is 9.33. The largest absolute Gasteiger partial charge is 0.379 e. The molecule has 18 aromatic rings. The Morgan fingerprint density at radius 3 is 1.18 bits per heavy atom. The molecule has 8 aliphatic rings. The van der Waals surface area contributed by atoms with Gasteiger partial charge in [-0.1, -0.05) is 103 Å². The second-order valence-corrected chi connectivity index (χ2v) is 31.6. The van der Waals surface area contributed by atoms with E-state index in [1.54, 1.807) is 6.33 Å². The first-order chi connectivity index (χ1) is 54.9. The monoisotopic (exact) mass is 1440 g/mol. The fourth-order valence-electron chi connectivity index (χ4n) is 21.3. The van der Waals surface area contributed by atoms with Gasteiger partial charge in [-0.15, -0.1) is 0 Å². The predicted octanol–water partition coefficient (Wildman–Crippen LogP) is 1.02. The molecule has 0 aliphatic carbocycles. The number of aromatic nitrogens is 16. The van der Waals surface area contributed by atoms with Crippen molar-refractivity contribution in [3.63, 3.8) is 0 Å². The zero-order valence-electron chi connectivity index (χ0n) is 63.4. The molecule has 0 fully saturated rings. The van der Waals surface area contributed by atoms with E-state index < -0.39 is 0 Å². The van der Waals surface area contributed by atoms with Crippen LogP contribution in [0.4, 0.5) is 0 Å². The van der Waals surface area contributed by atoms with E-state index in [1.165, 1.54) is 182 Å². The van der Waals surface area contributed by atoms with Crippen LogP contribution in [0.3, 0.4) is 0 Å². The van der Waals surface area contributed by atoms with E-state index in [1.807, 2.05) is 43.9 Å². The maximum absolute atomic E-state index is 4.75. The molecular weight excluding hydrogens is 1370 g/mol. The van der Waals surface area contributed by atoms with Crippen LogP contribution in [0.25, 0.3) is 110 Å². The predicted molar refractivity (Wildman–Crippen MR) is 440 cm³/mol. The average Bonchev–Trinajstić information content (AvgIpc) is 0.704. The van der Waals surface area contributed by atoms with Crippen molar-refractivity contribution >= 4 is 159 Å². The SMILES string of the molecule is C[n+]1cc2ccccc2c2c1B1c3c(cccc3-c3cccc4nc[n+](C)c1c34)C2.C[n+]1cc2ccccc2c2c1B1c3c(cncc3-c3cccc4nc[n+](C)c1c34)C2.C[n+]1cccc2c1B1c3c(cncc3-c3cccc4nc[n+](C)c1c34)C2.C[n+]1cccc2c1B1c3c(ncnc3-c3cccc4nc[n+](C)c1c34)C2. The van der Waals surface area contributed by atoms with Gasteiger partial charge in [0.25, 0.3) is 25.3 Å². The highest BCUT2D eigenvalue weighted by molar-refractivity contribution is 6.99. The number of rotatable bonds is 0. The van der Waals surface area contributed by atoms with E-state index >= 15 is 0 Å². The maximum atomic E-state index is 4.75. The highest BCUT2D eigenvalue weighted by Gasteiger charge is 2.53. The van der Waals surface area contributed by atoms with Gasteiger partial charge in [0.2, 0.25) is 0 Å². The lowest BCUT2D eigenvalue weighted by Crippen LogP contribution is -2.74. The number of benzene rings is 7. The quantitative estimate of drug-likeness (QED) is 0.163. The van der Waals surface area contributed by atoms with Gasteiger partial charge in [0.15, 0.2) is 69.2 Å². The van der Waals surface area contributed by atoms with Gasteiger partial charge < -0.3 is 0 Å². The van der Waals surface area contributed by atoms with Crippen LogP contribution in [-0.2, 0) is 82.1 Å². The highest BCUT2D eigenvalue weighted by Crippen LogP contribution is 2.37. The second kappa shape index (κ2) is 24.1. The Kier molecular flexibility index (Phi) is 13.9. The molecule has 112 heavy (non-hydrogen) atoms. The summed E-state index contributed by atoms with van der Waals surface area (Å²) < 4.78 is 18.1. The van der Waals surface area contributed by atoms with E-state index in [9.17, 15) is 0 Å². The van der Waals surface area contributed by atoms with Gasteiger partial charge in [0.05, 0.1) is 77.8 Å². The minimum absolute atomic E-state index is 0.126. The average molecular weight is 1440 g/mol. The van der Waals surface area contributed by atoms with Crippen molar-refractivity contribution in [1.29, 1.82) is 0 Å². The zero-order chi connectivity index (χ0) is 74.8. The Bertz CT molecular complexity index is 6900. The van der Waals surface area contributed by atoms with Crippen LogP contribution < -0.4 is 103 Å².